The maximum absolute atomic E-state index is 14.2. The van der Waals surface area contributed by atoms with Crippen LogP contribution >= 0.6 is 0 Å². The lowest BCUT2D eigenvalue weighted by molar-refractivity contribution is -0.138. The Balaban J connectivity index is 1.31. The van der Waals surface area contributed by atoms with E-state index in [0.717, 1.165) is 28.4 Å². The lowest BCUT2D eigenvalue weighted by Crippen LogP contribution is -2.10. The first-order chi connectivity index (χ1) is 16.4. The maximum Gasteiger partial charge on any atom is 0.312 e. The largest absolute Gasteiger partial charge is 0.497 e. The van der Waals surface area contributed by atoms with Gasteiger partial charge in [-0.1, -0.05) is 0 Å². The molecule has 1 atom stereocenters. The summed E-state index contributed by atoms with van der Waals surface area (Å²) in [5, 5.41) is 13.1. The number of aromatic nitrogens is 3. The number of carboxylic acid groups (broad SMARTS) is 1. The molecule has 3 N–H and O–H groups in total. The van der Waals surface area contributed by atoms with Crippen LogP contribution in [0.2, 0.25) is 0 Å². The van der Waals surface area contributed by atoms with Crippen LogP contribution in [0.4, 0.5) is 10.2 Å². The van der Waals surface area contributed by atoms with Crippen LogP contribution in [0.3, 0.4) is 0 Å². The number of methoxy groups -OCH3 is 1. The number of halogens is 1. The molecule has 0 saturated heterocycles. The highest BCUT2D eigenvalue weighted by Crippen LogP contribution is 2.25. The van der Waals surface area contributed by atoms with Gasteiger partial charge in [0.1, 0.15) is 11.5 Å². The van der Waals surface area contributed by atoms with Crippen molar-refractivity contribution >= 4 is 22.7 Å². The van der Waals surface area contributed by atoms with E-state index in [2.05, 4.69) is 20.3 Å². The fourth-order valence-corrected chi connectivity index (χ4v) is 3.43. The van der Waals surface area contributed by atoms with Crippen molar-refractivity contribution in [1.82, 2.24) is 15.0 Å². The second kappa shape index (κ2) is 10.2. The van der Waals surface area contributed by atoms with Crippen LogP contribution in [-0.2, 0) is 4.79 Å². The molecule has 2 heterocycles. The smallest absolute Gasteiger partial charge is 0.312 e. The van der Waals surface area contributed by atoms with Crippen molar-refractivity contribution in [3.63, 3.8) is 0 Å². The number of hydrogen-bond donors (Lipinski definition) is 3. The number of nitrogens with zero attached hydrogens (tertiary/aromatic N) is 2. The number of H-pyrrole nitrogens is 1. The van der Waals surface area contributed by atoms with Crippen molar-refractivity contribution in [3.8, 4) is 22.9 Å². The minimum Gasteiger partial charge on any atom is -0.497 e. The van der Waals surface area contributed by atoms with E-state index in [1.807, 2.05) is 36.4 Å². The van der Waals surface area contributed by atoms with Crippen LogP contribution in [0.15, 0.2) is 54.7 Å². The molecule has 8 nitrogen and oxygen atoms in total. The molecule has 0 fully saturated rings. The van der Waals surface area contributed by atoms with Gasteiger partial charge in [-0.2, -0.15) is 0 Å². The Morgan fingerprint density at radius 3 is 2.68 bits per heavy atom. The van der Waals surface area contributed by atoms with Gasteiger partial charge in [0.25, 0.3) is 0 Å². The molecule has 1 unspecified atom stereocenters. The summed E-state index contributed by atoms with van der Waals surface area (Å²) in [4.78, 5) is 22.7. The number of hydrogen-bond acceptors (Lipinski definition) is 6. The number of anilines is 1. The van der Waals surface area contributed by atoms with E-state index in [1.54, 1.807) is 26.2 Å². The number of fused-ring (bicyclic) bond motifs is 1. The molecule has 0 aliphatic rings. The quantitative estimate of drug-likeness (QED) is 0.288. The van der Waals surface area contributed by atoms with E-state index < -0.39 is 17.7 Å². The van der Waals surface area contributed by atoms with Crippen molar-refractivity contribution in [3.05, 3.63) is 66.2 Å². The number of carbonyl (C=O) groups is 1. The van der Waals surface area contributed by atoms with Gasteiger partial charge in [-0.15, -0.1) is 0 Å². The molecular weight excluding hydrogens is 439 g/mol. The van der Waals surface area contributed by atoms with Gasteiger partial charge in [0.2, 0.25) is 0 Å². The van der Waals surface area contributed by atoms with E-state index in [9.17, 15) is 14.3 Å². The number of aromatic amines is 1. The number of ether oxygens (including phenoxy) is 2. The Bertz CT molecular complexity index is 1290. The van der Waals surface area contributed by atoms with Gasteiger partial charge in [-0.05, 0) is 61.9 Å². The van der Waals surface area contributed by atoms with E-state index >= 15 is 0 Å². The highest BCUT2D eigenvalue weighted by molar-refractivity contribution is 5.84. The van der Waals surface area contributed by atoms with Crippen LogP contribution in [0.1, 0.15) is 25.0 Å². The number of rotatable bonds is 10. The Morgan fingerprint density at radius 1 is 1.18 bits per heavy atom. The monoisotopic (exact) mass is 464 g/mol. The summed E-state index contributed by atoms with van der Waals surface area (Å²) < 4.78 is 25.1. The summed E-state index contributed by atoms with van der Waals surface area (Å²) >= 11 is 0. The van der Waals surface area contributed by atoms with Crippen molar-refractivity contribution in [2.45, 2.75) is 19.3 Å². The highest BCUT2D eigenvalue weighted by Gasteiger charge is 2.16. The van der Waals surface area contributed by atoms with Crippen LogP contribution in [0.25, 0.3) is 22.3 Å². The van der Waals surface area contributed by atoms with Crippen molar-refractivity contribution in [1.29, 1.82) is 0 Å². The Morgan fingerprint density at radius 2 is 1.94 bits per heavy atom. The molecule has 0 radical (unpaired) electrons. The third-order valence-electron chi connectivity index (χ3n) is 5.42. The average Bonchev–Trinajstić information content (AvgIpc) is 3.28. The minimum absolute atomic E-state index is 0.134. The second-order valence-electron chi connectivity index (χ2n) is 7.78. The number of carboxylic acids is 1. The lowest BCUT2D eigenvalue weighted by Gasteiger charge is -2.10. The predicted octanol–water partition coefficient (Wildman–Crippen LogP) is 4.84. The van der Waals surface area contributed by atoms with E-state index in [4.69, 9.17) is 9.47 Å². The van der Waals surface area contributed by atoms with E-state index in [1.165, 1.54) is 0 Å². The van der Waals surface area contributed by atoms with E-state index in [0.29, 0.717) is 36.8 Å². The summed E-state index contributed by atoms with van der Waals surface area (Å²) in [6, 6.07) is 14.6. The highest BCUT2D eigenvalue weighted by atomic mass is 19.1. The summed E-state index contributed by atoms with van der Waals surface area (Å²) in [5.74, 6) is -0.0791. The molecule has 0 amide bonds. The molecule has 0 saturated carbocycles. The summed E-state index contributed by atoms with van der Waals surface area (Å²) in [7, 11) is 1.59. The molecule has 0 aliphatic carbocycles. The standard InChI is InChI=1S/C25H25FN4O4/c1-15(25(31)32)22-13-17-12-19(8-9-21(17)29-22)34-11-3-10-27-24-20(26)14-28-23(30-24)16-4-6-18(33-2)7-5-16/h4-9,12-15,29H,3,10-11H2,1-2H3,(H,31,32)(H,27,28,30). The fourth-order valence-electron chi connectivity index (χ4n) is 3.43. The Labute approximate surface area is 195 Å². The molecule has 2 aromatic heterocycles. The molecule has 0 bridgehead atoms. The fraction of sp³-hybridized carbons (Fsp3) is 0.240. The predicted molar refractivity (Wildman–Crippen MR) is 127 cm³/mol. The Kier molecular flexibility index (Phi) is 6.91. The lowest BCUT2D eigenvalue weighted by atomic mass is 10.1. The number of benzene rings is 2. The molecule has 0 spiro atoms. The number of aliphatic carboxylic acids is 1. The third-order valence-corrected chi connectivity index (χ3v) is 5.42. The van der Waals surface area contributed by atoms with Crippen molar-refractivity contribution in [2.24, 2.45) is 0 Å². The topological polar surface area (TPSA) is 109 Å². The minimum atomic E-state index is -0.883. The first kappa shape index (κ1) is 23.0. The van der Waals surface area contributed by atoms with Crippen LogP contribution < -0.4 is 14.8 Å². The van der Waals surface area contributed by atoms with Gasteiger partial charge >= 0.3 is 5.97 Å². The van der Waals surface area contributed by atoms with Gasteiger partial charge < -0.3 is 24.9 Å². The summed E-state index contributed by atoms with van der Waals surface area (Å²) in [6.45, 7) is 2.51. The molecule has 0 aliphatic heterocycles. The van der Waals surface area contributed by atoms with Crippen LogP contribution in [0, 0.1) is 5.82 Å². The van der Waals surface area contributed by atoms with Gasteiger partial charge in [-0.25, -0.2) is 14.4 Å². The molecule has 34 heavy (non-hydrogen) atoms. The first-order valence-corrected chi connectivity index (χ1v) is 10.8. The third kappa shape index (κ3) is 5.25. The normalized spacial score (nSPS) is 11.9. The van der Waals surface area contributed by atoms with Gasteiger partial charge in [0.05, 0.1) is 25.8 Å². The molecule has 2 aromatic carbocycles. The molecule has 4 aromatic rings. The van der Waals surface area contributed by atoms with Crippen LogP contribution in [-0.4, -0.2) is 46.3 Å². The number of nitrogens with one attached hydrogen (secondary N) is 2. The van der Waals surface area contributed by atoms with Crippen molar-refractivity contribution in [2.75, 3.05) is 25.6 Å². The summed E-state index contributed by atoms with van der Waals surface area (Å²) in [6.07, 6.45) is 1.77. The molecular formula is C25H25FN4O4. The summed E-state index contributed by atoms with van der Waals surface area (Å²) in [5.41, 5.74) is 2.25. The maximum atomic E-state index is 14.2. The Hall–Kier alpha value is -4.14. The average molecular weight is 464 g/mol. The molecule has 9 heteroatoms. The van der Waals surface area contributed by atoms with Crippen molar-refractivity contribution < 1.29 is 23.8 Å². The zero-order valence-corrected chi connectivity index (χ0v) is 18.8. The zero-order valence-electron chi connectivity index (χ0n) is 18.8. The second-order valence-corrected chi connectivity index (χ2v) is 7.78. The van der Waals surface area contributed by atoms with Gasteiger partial charge in [0.15, 0.2) is 17.5 Å². The molecule has 4 rings (SSSR count). The molecule has 176 valence electrons. The van der Waals surface area contributed by atoms with E-state index in [-0.39, 0.29) is 5.82 Å². The van der Waals surface area contributed by atoms with Gasteiger partial charge in [-0.3, -0.25) is 4.79 Å². The first-order valence-electron chi connectivity index (χ1n) is 10.8. The van der Waals surface area contributed by atoms with Gasteiger partial charge in [0, 0.05) is 28.7 Å². The SMILES string of the molecule is COc1ccc(-c2ncc(F)c(NCCCOc3ccc4[nH]c(C(C)C(=O)O)cc4c3)n2)cc1. The zero-order chi connectivity index (χ0) is 24.1. The van der Waals surface area contributed by atoms with Crippen LogP contribution in [0.5, 0.6) is 11.5 Å².